The van der Waals surface area contributed by atoms with Gasteiger partial charge in [0, 0.05) is 0 Å². The van der Waals surface area contributed by atoms with Gasteiger partial charge in [-0.3, -0.25) is 0 Å². The van der Waals surface area contributed by atoms with Gasteiger partial charge in [-0.25, -0.2) is 0 Å². The molecule has 0 aliphatic rings. The summed E-state index contributed by atoms with van der Waals surface area (Å²) in [6.45, 7) is 9.49. The second-order valence-corrected chi connectivity index (χ2v) is 9.39. The Balaban J connectivity index is 4.13. The van der Waals surface area contributed by atoms with Crippen LogP contribution in [0, 0.1) is 17.8 Å². The average molecular weight is 385 g/mol. The Morgan fingerprint density at radius 1 is 0.538 bits per heavy atom. The van der Waals surface area contributed by atoms with Crippen LogP contribution >= 0.6 is 12.6 Å². The van der Waals surface area contributed by atoms with Gasteiger partial charge in [0.15, 0.2) is 0 Å². The van der Waals surface area contributed by atoms with Crippen LogP contribution in [0.15, 0.2) is 0 Å². The van der Waals surface area contributed by atoms with Crippen molar-refractivity contribution in [1.82, 2.24) is 0 Å². The molecule has 0 radical (unpaired) electrons. The molecule has 0 aromatic carbocycles. The largest absolute Gasteiger partial charge is 0.179 e. The van der Waals surface area contributed by atoms with Crippen molar-refractivity contribution in [2.24, 2.45) is 17.8 Å². The fourth-order valence-corrected chi connectivity index (χ4v) is 4.34. The van der Waals surface area contributed by atoms with Crippen molar-refractivity contribution in [2.45, 2.75) is 137 Å². The summed E-state index contributed by atoms with van der Waals surface area (Å²) >= 11 is 4.37. The summed E-state index contributed by atoms with van der Waals surface area (Å²) in [5, 5.41) is 0. The molecule has 0 spiro atoms. The van der Waals surface area contributed by atoms with Crippen LogP contribution in [0.2, 0.25) is 0 Å². The molecule has 0 aliphatic carbocycles. The molecule has 3 atom stereocenters. The normalized spacial score (nSPS) is 15.1. The zero-order valence-corrected chi connectivity index (χ0v) is 19.8. The van der Waals surface area contributed by atoms with E-state index in [-0.39, 0.29) is 0 Å². The topological polar surface area (TPSA) is 0 Å². The lowest BCUT2D eigenvalue weighted by Crippen LogP contribution is -2.08. The lowest BCUT2D eigenvalue weighted by Gasteiger charge is -2.22. The Hall–Kier alpha value is 0.350. The molecule has 0 N–H and O–H groups in total. The lowest BCUT2D eigenvalue weighted by molar-refractivity contribution is 0.311. The second kappa shape index (κ2) is 20.1. The number of unbranched alkanes of at least 4 members (excludes halogenated alkanes) is 7. The van der Waals surface area contributed by atoms with Gasteiger partial charge in [0.2, 0.25) is 0 Å². The van der Waals surface area contributed by atoms with E-state index in [9.17, 15) is 0 Å². The van der Waals surface area contributed by atoms with Crippen LogP contribution < -0.4 is 0 Å². The molecular weight excluding hydrogens is 332 g/mol. The molecule has 0 saturated carbocycles. The molecule has 0 rings (SSSR count). The van der Waals surface area contributed by atoms with Crippen LogP contribution in [0.1, 0.15) is 137 Å². The molecule has 0 aromatic rings. The van der Waals surface area contributed by atoms with Crippen molar-refractivity contribution in [1.29, 1.82) is 0 Å². The number of rotatable bonds is 20. The van der Waals surface area contributed by atoms with Gasteiger partial charge < -0.3 is 0 Å². The summed E-state index contributed by atoms with van der Waals surface area (Å²) in [6.07, 6.45) is 24.4. The van der Waals surface area contributed by atoms with E-state index in [1.54, 1.807) is 0 Å². The van der Waals surface area contributed by atoms with Crippen LogP contribution in [-0.2, 0) is 0 Å². The lowest BCUT2D eigenvalue weighted by atomic mass is 9.84. The molecule has 0 saturated heterocycles. The molecule has 0 aromatic heterocycles. The first-order valence-corrected chi connectivity index (χ1v) is 12.9. The smallest absolute Gasteiger partial charge is 0.00979 e. The van der Waals surface area contributed by atoms with Gasteiger partial charge in [-0.05, 0) is 29.9 Å². The van der Waals surface area contributed by atoms with Crippen molar-refractivity contribution in [3.8, 4) is 0 Å². The minimum atomic E-state index is 0.921. The number of thiol groups is 1. The van der Waals surface area contributed by atoms with Crippen molar-refractivity contribution in [3.05, 3.63) is 0 Å². The highest BCUT2D eigenvalue weighted by molar-refractivity contribution is 7.80. The third-order valence-electron chi connectivity index (χ3n) is 6.56. The maximum atomic E-state index is 4.37. The van der Waals surface area contributed by atoms with E-state index in [1.165, 1.54) is 109 Å². The molecule has 0 fully saturated rings. The summed E-state index contributed by atoms with van der Waals surface area (Å²) in [4.78, 5) is 0. The summed E-state index contributed by atoms with van der Waals surface area (Å²) < 4.78 is 0. The van der Waals surface area contributed by atoms with Crippen LogP contribution in [0.4, 0.5) is 0 Å². The molecule has 0 heterocycles. The van der Waals surface area contributed by atoms with Crippen LogP contribution in [-0.4, -0.2) is 5.75 Å². The Morgan fingerprint density at radius 2 is 1.08 bits per heavy atom. The molecular formula is C25H52S. The Labute approximate surface area is 173 Å². The fraction of sp³-hybridized carbons (Fsp3) is 1.00. The fourth-order valence-electron chi connectivity index (χ4n) is 4.12. The van der Waals surface area contributed by atoms with E-state index < -0.39 is 0 Å². The standard InChI is InChI=1S/C25H52S/c1-5-8-9-10-11-13-16-25(17-14-12-15-22-26)21-20-24(7-3)19-18-23(4)6-2/h23-26H,5-22H2,1-4H3. The zero-order valence-electron chi connectivity index (χ0n) is 18.9. The molecule has 1 heteroatoms. The SMILES string of the molecule is CCCCCCCCC(CCCCCS)CCC(CC)CCC(C)CC. The van der Waals surface area contributed by atoms with E-state index in [1.807, 2.05) is 0 Å². The van der Waals surface area contributed by atoms with Gasteiger partial charge in [0.25, 0.3) is 0 Å². The highest BCUT2D eigenvalue weighted by atomic mass is 32.1. The molecule has 0 bridgehead atoms. The Bertz CT molecular complexity index is 263. The first-order valence-electron chi connectivity index (χ1n) is 12.3. The van der Waals surface area contributed by atoms with Gasteiger partial charge >= 0.3 is 0 Å². The van der Waals surface area contributed by atoms with Crippen LogP contribution in [0.3, 0.4) is 0 Å². The first kappa shape index (κ1) is 26.4. The molecule has 26 heavy (non-hydrogen) atoms. The van der Waals surface area contributed by atoms with Crippen LogP contribution in [0.5, 0.6) is 0 Å². The molecule has 0 nitrogen and oxygen atoms in total. The Morgan fingerprint density at radius 3 is 1.65 bits per heavy atom. The predicted molar refractivity (Wildman–Crippen MR) is 126 cm³/mol. The predicted octanol–water partition coefficient (Wildman–Crippen LogP) is 9.48. The summed E-state index contributed by atoms with van der Waals surface area (Å²) in [5.41, 5.74) is 0. The maximum absolute atomic E-state index is 4.37. The highest BCUT2D eigenvalue weighted by Gasteiger charge is 2.14. The van der Waals surface area contributed by atoms with Gasteiger partial charge in [0.05, 0.1) is 0 Å². The maximum Gasteiger partial charge on any atom is -0.00979 e. The highest BCUT2D eigenvalue weighted by Crippen LogP contribution is 2.28. The molecule has 158 valence electrons. The molecule has 3 unspecified atom stereocenters. The van der Waals surface area contributed by atoms with Crippen molar-refractivity contribution >= 4 is 12.6 Å². The zero-order chi connectivity index (χ0) is 19.5. The summed E-state index contributed by atoms with van der Waals surface area (Å²) in [7, 11) is 0. The summed E-state index contributed by atoms with van der Waals surface area (Å²) in [5.74, 6) is 3.96. The van der Waals surface area contributed by atoms with Gasteiger partial charge in [-0.2, -0.15) is 12.6 Å². The Kier molecular flexibility index (Phi) is 20.4. The second-order valence-electron chi connectivity index (χ2n) is 8.94. The van der Waals surface area contributed by atoms with E-state index in [0.29, 0.717) is 0 Å². The van der Waals surface area contributed by atoms with E-state index >= 15 is 0 Å². The van der Waals surface area contributed by atoms with E-state index in [2.05, 4.69) is 40.3 Å². The van der Waals surface area contributed by atoms with E-state index in [0.717, 1.165) is 23.5 Å². The minimum Gasteiger partial charge on any atom is -0.179 e. The van der Waals surface area contributed by atoms with Crippen molar-refractivity contribution < 1.29 is 0 Å². The molecule has 0 aliphatic heterocycles. The minimum absolute atomic E-state index is 0.921. The van der Waals surface area contributed by atoms with E-state index in [4.69, 9.17) is 0 Å². The van der Waals surface area contributed by atoms with Crippen molar-refractivity contribution in [2.75, 3.05) is 5.75 Å². The average Bonchev–Trinajstić information content (AvgIpc) is 2.66. The quantitative estimate of drug-likeness (QED) is 0.157. The van der Waals surface area contributed by atoms with Gasteiger partial charge in [-0.1, -0.05) is 130 Å². The number of hydrogen-bond donors (Lipinski definition) is 1. The number of hydrogen-bond acceptors (Lipinski definition) is 1. The first-order chi connectivity index (χ1) is 12.7. The van der Waals surface area contributed by atoms with Crippen molar-refractivity contribution in [3.63, 3.8) is 0 Å². The summed E-state index contributed by atoms with van der Waals surface area (Å²) in [6, 6.07) is 0. The molecule has 0 amide bonds. The van der Waals surface area contributed by atoms with Gasteiger partial charge in [-0.15, -0.1) is 0 Å². The third kappa shape index (κ3) is 16.5. The van der Waals surface area contributed by atoms with Crippen LogP contribution in [0.25, 0.3) is 0 Å². The monoisotopic (exact) mass is 384 g/mol. The van der Waals surface area contributed by atoms with Gasteiger partial charge in [0.1, 0.15) is 0 Å². The third-order valence-corrected chi connectivity index (χ3v) is 6.88.